The summed E-state index contributed by atoms with van der Waals surface area (Å²) in [6.45, 7) is 8.09. The smallest absolute Gasteiger partial charge is 0.256 e. The summed E-state index contributed by atoms with van der Waals surface area (Å²) < 4.78 is 10.7. The molecule has 0 saturated carbocycles. The lowest BCUT2D eigenvalue weighted by molar-refractivity contribution is -0.139. The molecule has 0 aliphatic heterocycles. The quantitative estimate of drug-likeness (QED) is 0.859. The number of anilines is 1. The Kier molecular flexibility index (Phi) is 5.36. The van der Waals surface area contributed by atoms with Crippen molar-refractivity contribution in [2.75, 3.05) is 19.0 Å². The van der Waals surface area contributed by atoms with E-state index in [-0.39, 0.29) is 5.91 Å². The molecule has 0 unspecified atom stereocenters. The summed E-state index contributed by atoms with van der Waals surface area (Å²) in [5.74, 6) is 0.683. The van der Waals surface area contributed by atoms with Gasteiger partial charge in [0.05, 0.1) is 7.11 Å². The van der Waals surface area contributed by atoms with Crippen molar-refractivity contribution >= 4 is 11.6 Å². The molecule has 1 atom stereocenters. The predicted octanol–water partition coefficient (Wildman–Crippen LogP) is 3.15. The summed E-state index contributed by atoms with van der Waals surface area (Å²) in [6, 6.07) is 5.55. The van der Waals surface area contributed by atoms with E-state index in [4.69, 9.17) is 9.47 Å². The number of nitrogens with one attached hydrogen (secondary N) is 1. The van der Waals surface area contributed by atoms with E-state index in [1.807, 2.05) is 45.9 Å². The van der Waals surface area contributed by atoms with Crippen LogP contribution in [0.1, 0.15) is 32.8 Å². The molecule has 0 heterocycles. The lowest BCUT2D eigenvalue weighted by atomic mass is 10.0. The van der Waals surface area contributed by atoms with Crippen LogP contribution in [0.4, 0.5) is 5.69 Å². The van der Waals surface area contributed by atoms with Crippen LogP contribution in [0.2, 0.25) is 0 Å². The molecule has 1 N–H and O–H groups in total. The molecule has 19 heavy (non-hydrogen) atoms. The summed E-state index contributed by atoms with van der Waals surface area (Å²) in [6.07, 6.45) is 0.627. The largest absolute Gasteiger partial charge is 0.496 e. The van der Waals surface area contributed by atoms with Crippen molar-refractivity contribution in [2.45, 2.75) is 39.7 Å². The molecular weight excluding hydrogens is 242 g/mol. The van der Waals surface area contributed by atoms with Gasteiger partial charge in [0.25, 0.3) is 5.91 Å². The van der Waals surface area contributed by atoms with E-state index in [9.17, 15) is 4.79 Å². The molecule has 1 aromatic carbocycles. The highest BCUT2D eigenvalue weighted by Crippen LogP contribution is 2.23. The topological polar surface area (TPSA) is 47.6 Å². The summed E-state index contributed by atoms with van der Waals surface area (Å²) in [5.41, 5.74) is 0.945. The summed E-state index contributed by atoms with van der Waals surface area (Å²) in [7, 11) is 1.63. The second kappa shape index (κ2) is 6.57. The molecule has 0 saturated heterocycles. The molecule has 4 nitrogen and oxygen atoms in total. The first-order valence-electron chi connectivity index (χ1n) is 6.57. The van der Waals surface area contributed by atoms with Gasteiger partial charge in [-0.15, -0.1) is 0 Å². The van der Waals surface area contributed by atoms with Crippen molar-refractivity contribution in [3.8, 4) is 5.75 Å². The average Bonchev–Trinajstić information content (AvgIpc) is 2.39. The molecule has 4 heteroatoms. The van der Waals surface area contributed by atoms with Crippen LogP contribution in [0.5, 0.6) is 5.75 Å². The zero-order valence-corrected chi connectivity index (χ0v) is 12.4. The van der Waals surface area contributed by atoms with Gasteiger partial charge in [-0.2, -0.15) is 0 Å². The number of carbonyl (C=O) groups excluding carboxylic acids is 1. The van der Waals surface area contributed by atoms with Gasteiger partial charge in [-0.25, -0.2) is 0 Å². The minimum atomic E-state index is -0.789. The highest BCUT2D eigenvalue weighted by Gasteiger charge is 2.31. The number of carbonyl (C=O) groups is 1. The Morgan fingerprint density at radius 3 is 2.53 bits per heavy atom. The summed E-state index contributed by atoms with van der Waals surface area (Å²) in [5, 5.41) is 2.89. The zero-order valence-electron chi connectivity index (χ0n) is 12.4. The van der Waals surface area contributed by atoms with Crippen LogP contribution < -0.4 is 10.1 Å². The van der Waals surface area contributed by atoms with Gasteiger partial charge in [0.15, 0.2) is 0 Å². The molecule has 0 aliphatic carbocycles. The van der Waals surface area contributed by atoms with Crippen LogP contribution in [-0.4, -0.2) is 25.2 Å². The Hall–Kier alpha value is -1.55. The Morgan fingerprint density at radius 1 is 1.37 bits per heavy atom. The number of hydrogen-bond donors (Lipinski definition) is 1. The number of aryl methyl sites for hydroxylation is 1. The lowest BCUT2D eigenvalue weighted by Crippen LogP contribution is -2.42. The van der Waals surface area contributed by atoms with Gasteiger partial charge in [-0.1, -0.05) is 6.92 Å². The predicted molar refractivity (Wildman–Crippen MR) is 76.7 cm³/mol. The minimum absolute atomic E-state index is 0.124. The maximum atomic E-state index is 12.3. The first-order chi connectivity index (χ1) is 8.96. The number of rotatable bonds is 6. The minimum Gasteiger partial charge on any atom is -0.496 e. The number of methoxy groups -OCH3 is 1. The molecule has 1 rings (SSSR count). The van der Waals surface area contributed by atoms with Gasteiger partial charge in [-0.3, -0.25) is 4.79 Å². The fraction of sp³-hybridized carbons (Fsp3) is 0.533. The average molecular weight is 265 g/mol. The van der Waals surface area contributed by atoms with Crippen molar-refractivity contribution in [1.29, 1.82) is 0 Å². The van der Waals surface area contributed by atoms with E-state index >= 15 is 0 Å². The zero-order chi connectivity index (χ0) is 14.5. The molecular formula is C15H23NO3. The van der Waals surface area contributed by atoms with E-state index < -0.39 is 5.60 Å². The van der Waals surface area contributed by atoms with Crippen LogP contribution >= 0.6 is 0 Å². The number of benzene rings is 1. The Morgan fingerprint density at radius 2 is 2.05 bits per heavy atom. The maximum absolute atomic E-state index is 12.3. The molecule has 1 aromatic rings. The molecule has 0 radical (unpaired) electrons. The van der Waals surface area contributed by atoms with Gasteiger partial charge in [0.2, 0.25) is 0 Å². The second-order valence-corrected chi connectivity index (χ2v) is 4.66. The van der Waals surface area contributed by atoms with Gasteiger partial charge >= 0.3 is 0 Å². The van der Waals surface area contributed by atoms with E-state index in [1.54, 1.807) is 7.11 Å². The van der Waals surface area contributed by atoms with Gasteiger partial charge in [-0.05, 0) is 51.0 Å². The fourth-order valence-electron chi connectivity index (χ4n) is 1.87. The molecule has 0 aromatic heterocycles. The van der Waals surface area contributed by atoms with Crippen LogP contribution in [0.15, 0.2) is 18.2 Å². The van der Waals surface area contributed by atoms with Crippen LogP contribution in [0.3, 0.4) is 0 Å². The maximum Gasteiger partial charge on any atom is 0.256 e. The van der Waals surface area contributed by atoms with Gasteiger partial charge < -0.3 is 14.8 Å². The highest BCUT2D eigenvalue weighted by atomic mass is 16.5. The Bertz CT molecular complexity index is 445. The molecule has 0 bridgehead atoms. The Balaban J connectivity index is 2.84. The highest BCUT2D eigenvalue weighted by molar-refractivity contribution is 5.97. The van der Waals surface area contributed by atoms with E-state index in [1.165, 1.54) is 0 Å². The molecule has 0 spiro atoms. The van der Waals surface area contributed by atoms with Gasteiger partial charge in [0, 0.05) is 12.3 Å². The molecule has 0 fully saturated rings. The first-order valence-corrected chi connectivity index (χ1v) is 6.57. The second-order valence-electron chi connectivity index (χ2n) is 4.66. The molecule has 0 aliphatic rings. The van der Waals surface area contributed by atoms with E-state index in [2.05, 4.69) is 5.32 Å². The van der Waals surface area contributed by atoms with Crippen molar-refractivity contribution in [1.82, 2.24) is 0 Å². The third kappa shape index (κ3) is 3.70. The van der Waals surface area contributed by atoms with Crippen molar-refractivity contribution < 1.29 is 14.3 Å². The van der Waals surface area contributed by atoms with Crippen LogP contribution in [0.25, 0.3) is 0 Å². The van der Waals surface area contributed by atoms with E-state index in [0.717, 1.165) is 17.0 Å². The van der Waals surface area contributed by atoms with Crippen molar-refractivity contribution in [3.05, 3.63) is 23.8 Å². The van der Waals surface area contributed by atoms with Gasteiger partial charge in [0.1, 0.15) is 11.4 Å². The SMILES string of the molecule is CCO[C@](C)(CC)C(=O)Nc1ccc(OC)c(C)c1. The number of hydrogen-bond acceptors (Lipinski definition) is 3. The van der Waals surface area contributed by atoms with Crippen molar-refractivity contribution in [3.63, 3.8) is 0 Å². The third-order valence-electron chi connectivity index (χ3n) is 3.27. The third-order valence-corrected chi connectivity index (χ3v) is 3.27. The van der Waals surface area contributed by atoms with Crippen LogP contribution in [0, 0.1) is 6.92 Å². The normalized spacial score (nSPS) is 13.7. The number of ether oxygens (including phenoxy) is 2. The van der Waals surface area contributed by atoms with Crippen molar-refractivity contribution in [2.24, 2.45) is 0 Å². The molecule has 106 valence electrons. The monoisotopic (exact) mass is 265 g/mol. The van der Waals surface area contributed by atoms with E-state index in [0.29, 0.717) is 13.0 Å². The summed E-state index contributed by atoms with van der Waals surface area (Å²) in [4.78, 5) is 12.3. The summed E-state index contributed by atoms with van der Waals surface area (Å²) >= 11 is 0. The number of amides is 1. The fourth-order valence-corrected chi connectivity index (χ4v) is 1.87. The Labute approximate surface area is 115 Å². The van der Waals surface area contributed by atoms with Crippen LogP contribution in [-0.2, 0) is 9.53 Å². The standard InChI is InChI=1S/C15H23NO3/c1-6-15(4,19-7-2)14(17)16-12-8-9-13(18-5)11(3)10-12/h8-10H,6-7H2,1-5H3,(H,16,17)/t15-/m1/s1. The molecule has 1 amide bonds. The lowest BCUT2D eigenvalue weighted by Gasteiger charge is -2.26. The first kappa shape index (κ1) is 15.5.